The first-order valence-electron chi connectivity index (χ1n) is 6.36. The maximum Gasteiger partial charge on any atom is 0.407 e. The second-order valence-electron chi connectivity index (χ2n) is 4.78. The Labute approximate surface area is 107 Å². The third kappa shape index (κ3) is 4.04. The maximum atomic E-state index is 11.5. The number of aliphatic hydroxyl groups is 1. The van der Waals surface area contributed by atoms with Crippen molar-refractivity contribution in [1.29, 1.82) is 0 Å². The molecule has 1 fully saturated rings. The number of alkyl carbamates (subject to hydrolysis) is 1. The molecule has 1 saturated carbocycles. The summed E-state index contributed by atoms with van der Waals surface area (Å²) in [5.74, 6) is 0.379. The number of amides is 1. The second kappa shape index (κ2) is 6.40. The Morgan fingerprint density at radius 2 is 2.11 bits per heavy atom. The number of rotatable bonds is 4. The summed E-state index contributed by atoms with van der Waals surface area (Å²) in [6, 6.07) is 9.59. The van der Waals surface area contributed by atoms with E-state index in [-0.39, 0.29) is 12.2 Å². The molecule has 18 heavy (non-hydrogen) atoms. The molecule has 1 amide bonds. The summed E-state index contributed by atoms with van der Waals surface area (Å²) in [6.07, 6.45) is 2.00. The molecular formula is C14H19NO3. The van der Waals surface area contributed by atoms with Crippen LogP contribution in [0.1, 0.15) is 24.8 Å². The van der Waals surface area contributed by atoms with Crippen molar-refractivity contribution in [2.45, 2.75) is 32.0 Å². The van der Waals surface area contributed by atoms with Gasteiger partial charge in [-0.1, -0.05) is 30.3 Å². The summed E-state index contributed by atoms with van der Waals surface area (Å²) in [7, 11) is 0. The molecule has 1 aliphatic carbocycles. The van der Waals surface area contributed by atoms with E-state index in [0.29, 0.717) is 19.1 Å². The third-order valence-corrected chi connectivity index (χ3v) is 3.26. The summed E-state index contributed by atoms with van der Waals surface area (Å²) in [6.45, 7) is 0.880. The van der Waals surface area contributed by atoms with E-state index >= 15 is 0 Å². The molecule has 4 nitrogen and oxygen atoms in total. The molecule has 1 aromatic rings. The van der Waals surface area contributed by atoms with Gasteiger partial charge in [0.25, 0.3) is 0 Å². The first kappa shape index (κ1) is 12.9. The number of benzene rings is 1. The molecule has 2 N–H and O–H groups in total. The topological polar surface area (TPSA) is 58.6 Å². The lowest BCUT2D eigenvalue weighted by molar-refractivity contribution is 0.137. The van der Waals surface area contributed by atoms with E-state index in [9.17, 15) is 9.90 Å². The van der Waals surface area contributed by atoms with Gasteiger partial charge in [-0.15, -0.1) is 0 Å². The molecule has 2 rings (SSSR count). The lowest BCUT2D eigenvalue weighted by Crippen LogP contribution is -2.29. The summed E-state index contributed by atoms with van der Waals surface area (Å²) in [5, 5.41) is 12.1. The van der Waals surface area contributed by atoms with Crippen LogP contribution in [-0.4, -0.2) is 23.8 Å². The van der Waals surface area contributed by atoms with Gasteiger partial charge in [-0.05, 0) is 30.7 Å². The Bertz CT molecular complexity index is 380. The molecule has 2 unspecified atom stereocenters. The van der Waals surface area contributed by atoms with Crippen LogP contribution in [0.3, 0.4) is 0 Å². The molecule has 1 aromatic carbocycles. The fourth-order valence-corrected chi connectivity index (χ4v) is 2.24. The zero-order chi connectivity index (χ0) is 12.8. The van der Waals surface area contributed by atoms with E-state index in [0.717, 1.165) is 24.8 Å². The zero-order valence-electron chi connectivity index (χ0n) is 10.3. The molecule has 4 heteroatoms. The SMILES string of the molecule is O=C(NCC1CCC(O)C1)OCc1ccccc1. The van der Waals surface area contributed by atoms with Crippen molar-refractivity contribution in [1.82, 2.24) is 5.32 Å². The highest BCUT2D eigenvalue weighted by Crippen LogP contribution is 2.24. The van der Waals surface area contributed by atoms with Gasteiger partial charge in [-0.25, -0.2) is 4.79 Å². The Morgan fingerprint density at radius 3 is 2.78 bits per heavy atom. The van der Waals surface area contributed by atoms with Crippen LogP contribution in [0.15, 0.2) is 30.3 Å². The van der Waals surface area contributed by atoms with Crippen molar-refractivity contribution >= 4 is 6.09 Å². The highest BCUT2D eigenvalue weighted by molar-refractivity contribution is 5.67. The number of ether oxygens (including phenoxy) is 1. The summed E-state index contributed by atoms with van der Waals surface area (Å²) in [5.41, 5.74) is 0.976. The molecular weight excluding hydrogens is 230 g/mol. The summed E-state index contributed by atoms with van der Waals surface area (Å²) < 4.78 is 5.10. The summed E-state index contributed by atoms with van der Waals surface area (Å²) in [4.78, 5) is 11.5. The predicted octanol–water partition coefficient (Wildman–Crippen LogP) is 2.07. The van der Waals surface area contributed by atoms with Crippen molar-refractivity contribution in [3.63, 3.8) is 0 Å². The van der Waals surface area contributed by atoms with Crippen LogP contribution in [-0.2, 0) is 11.3 Å². The number of hydrogen-bond donors (Lipinski definition) is 2. The monoisotopic (exact) mass is 249 g/mol. The van der Waals surface area contributed by atoms with Crippen molar-refractivity contribution < 1.29 is 14.6 Å². The van der Waals surface area contributed by atoms with Crippen molar-refractivity contribution in [2.75, 3.05) is 6.54 Å². The number of aliphatic hydroxyl groups excluding tert-OH is 1. The van der Waals surface area contributed by atoms with E-state index in [1.165, 1.54) is 0 Å². The number of carbonyl (C=O) groups excluding carboxylic acids is 1. The largest absolute Gasteiger partial charge is 0.445 e. The van der Waals surface area contributed by atoms with E-state index < -0.39 is 0 Å². The van der Waals surface area contributed by atoms with Crippen LogP contribution < -0.4 is 5.32 Å². The Morgan fingerprint density at radius 1 is 1.33 bits per heavy atom. The van der Waals surface area contributed by atoms with Gasteiger partial charge in [0.15, 0.2) is 0 Å². The van der Waals surface area contributed by atoms with Gasteiger partial charge >= 0.3 is 6.09 Å². The van der Waals surface area contributed by atoms with Crippen LogP contribution in [0.2, 0.25) is 0 Å². The fourth-order valence-electron chi connectivity index (χ4n) is 2.24. The molecule has 1 aliphatic rings. The average molecular weight is 249 g/mol. The summed E-state index contributed by atoms with van der Waals surface area (Å²) >= 11 is 0. The molecule has 0 bridgehead atoms. The van der Waals surface area contributed by atoms with Crippen LogP contribution in [0.25, 0.3) is 0 Å². The van der Waals surface area contributed by atoms with Gasteiger partial charge in [0.2, 0.25) is 0 Å². The van der Waals surface area contributed by atoms with Gasteiger partial charge in [0.05, 0.1) is 6.10 Å². The van der Waals surface area contributed by atoms with Crippen LogP contribution in [0, 0.1) is 5.92 Å². The molecule has 0 aliphatic heterocycles. The van der Waals surface area contributed by atoms with Gasteiger partial charge in [-0.3, -0.25) is 0 Å². The zero-order valence-corrected chi connectivity index (χ0v) is 10.3. The molecule has 0 aromatic heterocycles. The van der Waals surface area contributed by atoms with Crippen molar-refractivity contribution in [2.24, 2.45) is 5.92 Å². The molecule has 2 atom stereocenters. The van der Waals surface area contributed by atoms with Gasteiger partial charge in [-0.2, -0.15) is 0 Å². The quantitative estimate of drug-likeness (QED) is 0.859. The molecule has 0 spiro atoms. The maximum absolute atomic E-state index is 11.5. The number of nitrogens with one attached hydrogen (secondary N) is 1. The highest BCUT2D eigenvalue weighted by Gasteiger charge is 2.23. The van der Waals surface area contributed by atoms with Crippen molar-refractivity contribution in [3.8, 4) is 0 Å². The Hall–Kier alpha value is -1.55. The Balaban J connectivity index is 1.63. The lowest BCUT2D eigenvalue weighted by Gasteiger charge is -2.11. The van der Waals surface area contributed by atoms with E-state index in [1.54, 1.807) is 0 Å². The molecule has 0 saturated heterocycles. The van der Waals surface area contributed by atoms with Gasteiger partial charge in [0.1, 0.15) is 6.61 Å². The molecule has 0 heterocycles. The van der Waals surface area contributed by atoms with Crippen molar-refractivity contribution in [3.05, 3.63) is 35.9 Å². The first-order chi connectivity index (χ1) is 8.74. The third-order valence-electron chi connectivity index (χ3n) is 3.26. The van der Waals surface area contributed by atoms with Crippen LogP contribution in [0.4, 0.5) is 4.79 Å². The second-order valence-corrected chi connectivity index (χ2v) is 4.78. The molecule has 0 radical (unpaired) electrons. The normalized spacial score (nSPS) is 22.7. The lowest BCUT2D eigenvalue weighted by atomic mass is 10.1. The average Bonchev–Trinajstić information content (AvgIpc) is 2.81. The van der Waals surface area contributed by atoms with Gasteiger partial charge in [0, 0.05) is 6.54 Å². The minimum Gasteiger partial charge on any atom is -0.445 e. The van der Waals surface area contributed by atoms with Crippen LogP contribution >= 0.6 is 0 Å². The minimum absolute atomic E-state index is 0.197. The first-order valence-corrected chi connectivity index (χ1v) is 6.36. The Kier molecular flexibility index (Phi) is 4.59. The van der Waals surface area contributed by atoms with E-state index in [4.69, 9.17) is 4.74 Å². The van der Waals surface area contributed by atoms with Crippen LogP contribution in [0.5, 0.6) is 0 Å². The van der Waals surface area contributed by atoms with E-state index in [2.05, 4.69) is 5.32 Å². The standard InChI is InChI=1S/C14H19NO3/c16-13-7-6-12(8-13)9-15-14(17)18-10-11-4-2-1-3-5-11/h1-5,12-13,16H,6-10H2,(H,15,17). The predicted molar refractivity (Wildman–Crippen MR) is 68.0 cm³/mol. The van der Waals surface area contributed by atoms with E-state index in [1.807, 2.05) is 30.3 Å². The molecule has 98 valence electrons. The smallest absolute Gasteiger partial charge is 0.407 e. The number of carbonyl (C=O) groups is 1. The number of hydrogen-bond acceptors (Lipinski definition) is 3. The minimum atomic E-state index is -0.389. The van der Waals surface area contributed by atoms with Gasteiger partial charge < -0.3 is 15.2 Å². The highest BCUT2D eigenvalue weighted by atomic mass is 16.5. The fraction of sp³-hybridized carbons (Fsp3) is 0.500.